The topological polar surface area (TPSA) is 47.3 Å². The van der Waals surface area contributed by atoms with E-state index in [0.717, 1.165) is 22.2 Å². The molecule has 6 heteroatoms. The predicted octanol–water partition coefficient (Wildman–Crippen LogP) is 1.73. The number of nitrogens with one attached hydrogen (secondary N) is 1. The third-order valence-electron chi connectivity index (χ3n) is 3.32. The van der Waals surface area contributed by atoms with Gasteiger partial charge in [-0.2, -0.15) is 0 Å². The summed E-state index contributed by atoms with van der Waals surface area (Å²) in [5.74, 6) is -0.0713. The molecule has 1 aromatic heterocycles. The first-order valence-corrected chi connectivity index (χ1v) is 7.60. The van der Waals surface area contributed by atoms with Crippen LogP contribution in [0.15, 0.2) is 42.5 Å². The van der Waals surface area contributed by atoms with Gasteiger partial charge in [0.1, 0.15) is 5.56 Å². The van der Waals surface area contributed by atoms with Crippen LogP contribution >= 0.6 is 23.2 Å². The Labute approximate surface area is 150 Å². The molecule has 118 valence electrons. The largest absolute Gasteiger partial charge is 1.00 e. The van der Waals surface area contributed by atoms with Crippen LogP contribution in [0.25, 0.3) is 22.2 Å². The maximum Gasteiger partial charge on any atom is 0.533 e. The number of nitrogens with zero attached hydrogens (tertiary/aromatic N) is 1. The molecule has 0 amide bonds. The zero-order valence-electron chi connectivity index (χ0n) is 12.2. The van der Waals surface area contributed by atoms with E-state index in [-0.39, 0.29) is 18.3 Å². The second kappa shape index (κ2) is 7.26. The first kappa shape index (κ1) is 17.7. The summed E-state index contributed by atoms with van der Waals surface area (Å²) < 4.78 is 5.13. The van der Waals surface area contributed by atoms with Crippen molar-refractivity contribution in [1.82, 2.24) is 10.4 Å². The summed E-state index contributed by atoms with van der Waals surface area (Å²) in [6.45, 7) is 2.25. The maximum absolute atomic E-state index is 9.83. The van der Waals surface area contributed by atoms with Crippen LogP contribution in [0.5, 0.6) is 0 Å². The first-order valence-electron chi connectivity index (χ1n) is 6.85. The molecule has 23 heavy (non-hydrogen) atoms. The number of hydrogen-bond acceptors (Lipinski definition) is 1. The maximum atomic E-state index is 9.83. The van der Waals surface area contributed by atoms with Crippen LogP contribution in [-0.4, -0.2) is 17.5 Å². The van der Waals surface area contributed by atoms with Crippen molar-refractivity contribution < 1.29 is 17.1 Å². The van der Waals surface area contributed by atoms with Gasteiger partial charge in [-0.3, -0.25) is 0 Å². The van der Waals surface area contributed by atoms with Crippen LogP contribution in [-0.2, 0) is 4.74 Å². The van der Waals surface area contributed by atoms with Crippen LogP contribution < -0.4 is 17.8 Å². The third kappa shape index (κ3) is 3.81. The summed E-state index contributed by atoms with van der Waals surface area (Å²) in [4.78, 5) is 3.32. The lowest BCUT2D eigenvalue weighted by molar-refractivity contribution is -0.00000515. The van der Waals surface area contributed by atoms with Crippen molar-refractivity contribution in [2.75, 3.05) is 6.61 Å². The molecule has 2 aromatic carbocycles. The number of aromatic amines is 1. The number of aromatic nitrogens is 1. The van der Waals surface area contributed by atoms with Gasteiger partial charge >= 0.3 is 11.3 Å². The van der Waals surface area contributed by atoms with Crippen molar-refractivity contribution in [3.05, 3.63) is 58.1 Å². The van der Waals surface area contributed by atoms with Gasteiger partial charge in [0.05, 0.1) is 6.61 Å². The minimum atomic E-state index is -0.0713. The molecule has 2 radical (unpaired) electrons. The second-order valence-electron chi connectivity index (χ2n) is 4.88. The van der Waals surface area contributed by atoms with Crippen molar-refractivity contribution in [3.8, 4) is 11.3 Å². The minimum Gasteiger partial charge on any atom is -1.00 e. The van der Waals surface area contributed by atoms with E-state index in [4.69, 9.17) is 27.9 Å². The number of rotatable bonds is 3. The molecule has 0 fully saturated rings. The van der Waals surface area contributed by atoms with Crippen molar-refractivity contribution in [2.45, 2.75) is 6.92 Å². The van der Waals surface area contributed by atoms with Crippen LogP contribution in [0, 0.1) is 0 Å². The van der Waals surface area contributed by atoms with Gasteiger partial charge in [0, 0.05) is 32.2 Å². The summed E-state index contributed by atoms with van der Waals surface area (Å²) in [6.07, 6.45) is 0. The Morgan fingerprint density at radius 1 is 1.09 bits per heavy atom. The van der Waals surface area contributed by atoms with E-state index in [1.807, 2.05) is 37.3 Å². The van der Waals surface area contributed by atoms with Crippen LogP contribution in [0.4, 0.5) is 0 Å². The minimum absolute atomic E-state index is 0. The molecule has 3 nitrogen and oxygen atoms in total. The molecule has 0 unspecified atom stereocenters. The lowest BCUT2D eigenvalue weighted by Gasteiger charge is -2.00. The van der Waals surface area contributed by atoms with Crippen LogP contribution in [0.3, 0.4) is 0 Å². The van der Waals surface area contributed by atoms with Gasteiger partial charge in [-0.15, -0.1) is 0 Å². The normalized spacial score (nSPS) is 10.4. The Morgan fingerprint density at radius 2 is 1.78 bits per heavy atom. The van der Waals surface area contributed by atoms with Gasteiger partial charge in [-0.1, -0.05) is 23.2 Å². The Hall–Kier alpha value is -1.68. The first-order chi connectivity index (χ1) is 10.6. The lowest BCUT2D eigenvalue weighted by Crippen LogP contribution is -3.00. The fourth-order valence-electron chi connectivity index (χ4n) is 2.35. The summed E-state index contributed by atoms with van der Waals surface area (Å²) in [5, 5.41) is 12.0. The number of hydrogen-bond donors (Lipinski definition) is 1. The van der Waals surface area contributed by atoms with Crippen molar-refractivity contribution in [2.24, 2.45) is 0 Å². The summed E-state index contributed by atoms with van der Waals surface area (Å²) >= 11 is 12.1. The predicted molar refractivity (Wildman–Crippen MR) is 91.6 cm³/mol. The Kier molecular flexibility index (Phi) is 5.58. The second-order valence-corrected chi connectivity index (χ2v) is 5.75. The fraction of sp³-hybridized carbons (Fsp3) is 0.118. The number of fused-ring (bicyclic) bond motifs is 1. The zero-order chi connectivity index (χ0) is 15.7. The third-order valence-corrected chi connectivity index (χ3v) is 3.76. The number of ether oxygens (including phenoxy) is 1. The Morgan fingerprint density at radius 3 is 2.43 bits per heavy atom. The fourth-order valence-corrected chi connectivity index (χ4v) is 2.88. The zero-order valence-corrected chi connectivity index (χ0v) is 14.5. The van der Waals surface area contributed by atoms with Crippen molar-refractivity contribution >= 4 is 40.0 Å². The highest BCUT2D eigenvalue weighted by atomic mass is 35.5. The highest BCUT2D eigenvalue weighted by molar-refractivity contribution is 6.35. The molecular weight excluding hydrogens is 355 g/mol. The molecule has 0 aliphatic carbocycles. The molecule has 0 spiro atoms. The van der Waals surface area contributed by atoms with Gasteiger partial charge in [-0.25, -0.2) is 0 Å². The molecule has 0 atom stereocenters. The van der Waals surface area contributed by atoms with E-state index in [1.165, 1.54) is 0 Å². The molecule has 0 aliphatic rings. The summed E-state index contributed by atoms with van der Waals surface area (Å²) in [5.41, 5.74) is 3.42. The molecule has 0 bridgehead atoms. The highest BCUT2D eigenvalue weighted by Crippen LogP contribution is 2.29. The van der Waals surface area contributed by atoms with Gasteiger partial charge < -0.3 is 22.1 Å². The molecule has 0 saturated carbocycles. The average Bonchev–Trinajstić information content (AvgIpc) is 2.89. The standard InChI is InChI=1S/C17H13Cl2N2O.ClH/c1-2-22-17(20)10-3-4-15-11(5-10)8-16(21-15)12-6-13(18)9-14(19)7-12;/h3-9,21H,2H2,1H3;1H/q+1;/p-1. The lowest BCUT2D eigenvalue weighted by atomic mass is 10.1. The van der Waals surface area contributed by atoms with E-state index < -0.39 is 0 Å². The van der Waals surface area contributed by atoms with E-state index in [1.54, 1.807) is 12.1 Å². The van der Waals surface area contributed by atoms with Gasteiger partial charge in [0.15, 0.2) is 0 Å². The quantitative estimate of drug-likeness (QED) is 0.556. The van der Waals surface area contributed by atoms with Crippen molar-refractivity contribution in [3.63, 3.8) is 0 Å². The molecule has 0 saturated heterocycles. The summed E-state index contributed by atoms with van der Waals surface area (Å²) in [6, 6.07) is 13.0. The van der Waals surface area contributed by atoms with Crippen LogP contribution in [0.2, 0.25) is 10.0 Å². The molecule has 1 N–H and O–H groups in total. The number of halogens is 3. The Balaban J connectivity index is 0.00000192. The van der Waals surface area contributed by atoms with Gasteiger partial charge in [0.2, 0.25) is 0 Å². The monoisotopic (exact) mass is 366 g/mol. The molecular formula is C17H13Cl3N2O. The van der Waals surface area contributed by atoms with E-state index >= 15 is 0 Å². The van der Waals surface area contributed by atoms with Crippen molar-refractivity contribution in [1.29, 1.82) is 0 Å². The van der Waals surface area contributed by atoms with E-state index in [2.05, 4.69) is 4.98 Å². The molecule has 1 heterocycles. The van der Waals surface area contributed by atoms with Gasteiger partial charge in [-0.05, 0) is 49.4 Å². The van der Waals surface area contributed by atoms with E-state index in [0.29, 0.717) is 22.2 Å². The van der Waals surface area contributed by atoms with Gasteiger partial charge in [0.25, 0.3) is 0 Å². The van der Waals surface area contributed by atoms with Crippen LogP contribution in [0.1, 0.15) is 12.5 Å². The molecule has 0 aliphatic heterocycles. The molecule has 3 aromatic rings. The average molecular weight is 368 g/mol. The SMILES string of the molecule is CCOC(=[N+])c1ccc2[nH]c(-c3cc(Cl)cc(Cl)c3)cc2c1.[Cl-]. The Bertz CT molecular complexity index is 838. The number of H-pyrrole nitrogens is 1. The molecule has 3 rings (SSSR count). The van der Waals surface area contributed by atoms with E-state index in [9.17, 15) is 5.41 Å². The number of benzene rings is 2. The highest BCUT2D eigenvalue weighted by Gasteiger charge is 2.17. The summed E-state index contributed by atoms with van der Waals surface area (Å²) in [7, 11) is 0. The smallest absolute Gasteiger partial charge is 0.533 e.